The Morgan fingerprint density at radius 3 is 2.63 bits per heavy atom. The minimum atomic E-state index is -0.574. The molecule has 3 heterocycles. The summed E-state index contributed by atoms with van der Waals surface area (Å²) in [5.74, 6) is 3.79. The highest BCUT2D eigenvalue weighted by atomic mass is 32.2. The van der Waals surface area contributed by atoms with Crippen LogP contribution in [-0.4, -0.2) is 51.9 Å². The normalized spacial score (nSPS) is 20.8. The second-order valence-corrected chi connectivity index (χ2v) is 11.3. The molecule has 35 heavy (non-hydrogen) atoms. The molecule has 1 saturated heterocycles. The summed E-state index contributed by atoms with van der Waals surface area (Å²) < 4.78 is 0. The number of ketones is 1. The predicted molar refractivity (Wildman–Crippen MR) is 138 cm³/mol. The maximum Gasteiger partial charge on any atom is 0.196 e. The summed E-state index contributed by atoms with van der Waals surface area (Å²) in [7, 11) is 0. The lowest BCUT2D eigenvalue weighted by molar-refractivity contribution is -0.118. The van der Waals surface area contributed by atoms with Crippen LogP contribution >= 0.6 is 11.8 Å². The number of nitrogens with one attached hydrogen (secondary N) is 1. The van der Waals surface area contributed by atoms with Crippen molar-refractivity contribution in [1.29, 1.82) is 0 Å². The number of hydrogen-bond donors (Lipinski definition) is 2. The van der Waals surface area contributed by atoms with Crippen LogP contribution in [0, 0.1) is 11.8 Å². The lowest BCUT2D eigenvalue weighted by Gasteiger charge is -2.47. The zero-order chi connectivity index (χ0) is 24.0. The Hall–Kier alpha value is -2.71. The Kier molecular flexibility index (Phi) is 5.89. The minimum absolute atomic E-state index is 0.242. The Morgan fingerprint density at radius 2 is 1.94 bits per heavy atom. The number of hydrogen-bond acceptors (Lipinski definition) is 8. The Morgan fingerprint density at radius 1 is 1.17 bits per heavy atom. The number of β-amino-alcohol motifs (C(OH)–C–C–N with tert-alkyl or cyclic N) is 1. The van der Waals surface area contributed by atoms with E-state index in [1.807, 2.05) is 37.3 Å². The van der Waals surface area contributed by atoms with Crippen LogP contribution in [0.25, 0.3) is 0 Å². The summed E-state index contributed by atoms with van der Waals surface area (Å²) in [6.07, 6.45) is 7.99. The molecule has 8 heteroatoms. The van der Waals surface area contributed by atoms with E-state index in [1.54, 1.807) is 0 Å². The molecule has 182 valence electrons. The molecule has 0 bridgehead atoms. The van der Waals surface area contributed by atoms with Crippen molar-refractivity contribution in [2.24, 2.45) is 16.8 Å². The first kappa shape index (κ1) is 22.7. The molecule has 3 fully saturated rings. The summed E-state index contributed by atoms with van der Waals surface area (Å²) in [6.45, 7) is 3.90. The number of carbonyl (C=O) groups is 1. The Labute approximate surface area is 210 Å². The molecule has 4 aliphatic rings. The van der Waals surface area contributed by atoms with E-state index >= 15 is 0 Å². The molecular weight excluding hydrogens is 458 g/mol. The molecule has 2 aromatic rings. The average Bonchev–Trinajstić information content (AvgIpc) is 3.76. The number of anilines is 2. The van der Waals surface area contributed by atoms with Crippen molar-refractivity contribution in [3.63, 3.8) is 0 Å². The van der Waals surface area contributed by atoms with Crippen molar-refractivity contribution < 1.29 is 9.90 Å². The maximum absolute atomic E-state index is 11.8. The number of benzene rings is 1. The summed E-state index contributed by atoms with van der Waals surface area (Å²) in [6, 6.07) is 10.0. The van der Waals surface area contributed by atoms with Gasteiger partial charge >= 0.3 is 0 Å². The number of carbonyl (C=O) groups excluding carboxylic acids is 1. The second-order valence-electron chi connectivity index (χ2n) is 10.3. The Bertz CT molecular complexity index is 1190. The molecule has 0 spiro atoms. The minimum Gasteiger partial charge on any atom is -0.386 e. The summed E-state index contributed by atoms with van der Waals surface area (Å²) in [5.41, 5.74) is 1.86. The van der Waals surface area contributed by atoms with Crippen molar-refractivity contribution in [2.75, 3.05) is 29.9 Å². The number of rotatable bonds is 9. The van der Waals surface area contributed by atoms with Crippen molar-refractivity contribution in [3.8, 4) is 0 Å². The lowest BCUT2D eigenvalue weighted by atomic mass is 9.89. The molecule has 1 aromatic heterocycles. The maximum atomic E-state index is 11.8. The van der Waals surface area contributed by atoms with E-state index in [9.17, 15) is 9.90 Å². The number of amidine groups is 1. The van der Waals surface area contributed by atoms with Gasteiger partial charge in [0.15, 0.2) is 5.16 Å². The fraction of sp³-hybridized carbons (Fsp3) is 0.481. The highest BCUT2D eigenvalue weighted by molar-refractivity contribution is 7.99. The number of aliphatic hydroxyl groups is 1. The van der Waals surface area contributed by atoms with Crippen LogP contribution in [-0.2, 0) is 11.2 Å². The standard InChI is InChI=1S/C27H31N5O2S/c1-2-21(33)11-17-3-9-22(10-4-17)35-26-30-24(29-23-12-19(14-28-23)18-5-6-18)13-25(31-26)32-15-27(34,16-32)20-7-8-20/h3-4,9-10,12-13,18,20,34H,2,5-8,11,14-16H2,1H3,(H,28,29,30,31). The van der Waals surface area contributed by atoms with Gasteiger partial charge in [0.25, 0.3) is 0 Å². The predicted octanol–water partition coefficient (Wildman–Crippen LogP) is 4.27. The molecule has 2 saturated carbocycles. The van der Waals surface area contributed by atoms with Gasteiger partial charge < -0.3 is 15.3 Å². The van der Waals surface area contributed by atoms with Crippen molar-refractivity contribution in [3.05, 3.63) is 47.5 Å². The number of nitrogens with zero attached hydrogens (tertiary/aromatic N) is 4. The van der Waals surface area contributed by atoms with Crippen LogP contribution in [0.4, 0.5) is 11.6 Å². The number of aliphatic imine (C=N–C) groups is 1. The van der Waals surface area contributed by atoms with Crippen LogP contribution in [0.3, 0.4) is 0 Å². The molecule has 0 amide bonds. The van der Waals surface area contributed by atoms with E-state index in [0.29, 0.717) is 42.9 Å². The third kappa shape index (κ3) is 5.14. The van der Waals surface area contributed by atoms with Crippen LogP contribution in [0.5, 0.6) is 0 Å². The van der Waals surface area contributed by atoms with Crippen molar-refractivity contribution in [1.82, 2.24) is 9.97 Å². The first-order valence-electron chi connectivity index (χ1n) is 12.6. The fourth-order valence-corrected chi connectivity index (χ4v) is 5.59. The van der Waals surface area contributed by atoms with Gasteiger partial charge in [-0.1, -0.05) is 19.1 Å². The van der Waals surface area contributed by atoms with Gasteiger partial charge in [-0.2, -0.15) is 0 Å². The summed E-state index contributed by atoms with van der Waals surface area (Å²) in [4.78, 5) is 29.2. The largest absolute Gasteiger partial charge is 0.386 e. The third-order valence-electron chi connectivity index (χ3n) is 7.32. The first-order valence-corrected chi connectivity index (χ1v) is 13.5. The van der Waals surface area contributed by atoms with E-state index < -0.39 is 5.60 Å². The van der Waals surface area contributed by atoms with Crippen LogP contribution in [0.15, 0.2) is 57.0 Å². The zero-order valence-corrected chi connectivity index (χ0v) is 20.9. The molecule has 6 rings (SSSR count). The van der Waals surface area contributed by atoms with E-state index in [1.165, 1.54) is 30.2 Å². The van der Waals surface area contributed by atoms with Crippen LogP contribution < -0.4 is 10.2 Å². The van der Waals surface area contributed by atoms with Gasteiger partial charge in [-0.15, -0.1) is 0 Å². The molecule has 7 nitrogen and oxygen atoms in total. The molecule has 1 aromatic carbocycles. The molecule has 2 N–H and O–H groups in total. The lowest BCUT2D eigenvalue weighted by Crippen LogP contribution is -2.63. The average molecular weight is 490 g/mol. The number of Topliss-reactive ketones (excluding diaryl/α,β-unsaturated/α-hetero) is 1. The van der Waals surface area contributed by atoms with Gasteiger partial charge in [0.05, 0.1) is 19.6 Å². The fourth-order valence-electron chi connectivity index (χ4n) is 4.82. The Balaban J connectivity index is 1.21. The van der Waals surface area contributed by atoms with E-state index in [-0.39, 0.29) is 5.78 Å². The molecule has 0 unspecified atom stereocenters. The van der Waals surface area contributed by atoms with Crippen molar-refractivity contribution >= 4 is 35.0 Å². The van der Waals surface area contributed by atoms with E-state index in [4.69, 9.17) is 9.97 Å². The highest BCUT2D eigenvalue weighted by Gasteiger charge is 2.52. The van der Waals surface area contributed by atoms with Crippen LogP contribution in [0.1, 0.15) is 44.6 Å². The van der Waals surface area contributed by atoms with Crippen molar-refractivity contribution in [2.45, 2.75) is 61.1 Å². The van der Waals surface area contributed by atoms with Gasteiger partial charge in [0, 0.05) is 23.8 Å². The summed E-state index contributed by atoms with van der Waals surface area (Å²) >= 11 is 1.50. The molecule has 0 atom stereocenters. The van der Waals surface area contributed by atoms with Crippen LogP contribution in [0.2, 0.25) is 0 Å². The van der Waals surface area contributed by atoms with Gasteiger partial charge in [-0.3, -0.25) is 9.79 Å². The van der Waals surface area contributed by atoms with Gasteiger partial charge in [-0.05, 0) is 78.6 Å². The molecular formula is C27H31N5O2S. The van der Waals surface area contributed by atoms with Gasteiger partial charge in [-0.25, -0.2) is 9.97 Å². The molecule has 2 aliphatic carbocycles. The number of aromatic nitrogens is 2. The second kappa shape index (κ2) is 9.06. The van der Waals surface area contributed by atoms with E-state index in [2.05, 4.69) is 21.3 Å². The third-order valence-corrected chi connectivity index (χ3v) is 8.20. The monoisotopic (exact) mass is 489 g/mol. The zero-order valence-electron chi connectivity index (χ0n) is 20.0. The summed E-state index contributed by atoms with van der Waals surface area (Å²) in [5, 5.41) is 14.9. The SMILES string of the molecule is CCC(=O)Cc1ccc(Sc2nc(NC3=NCC(C4CC4)=C3)cc(N3CC(O)(C4CC4)C3)n2)cc1. The smallest absolute Gasteiger partial charge is 0.196 e. The van der Waals surface area contributed by atoms with Gasteiger partial charge in [0.1, 0.15) is 28.9 Å². The van der Waals surface area contributed by atoms with Gasteiger partial charge in [0.2, 0.25) is 0 Å². The topological polar surface area (TPSA) is 90.7 Å². The molecule has 2 aliphatic heterocycles. The highest BCUT2D eigenvalue weighted by Crippen LogP contribution is 2.46. The van der Waals surface area contributed by atoms with E-state index in [0.717, 1.165) is 47.3 Å². The quantitative estimate of drug-likeness (QED) is 0.508. The molecule has 0 radical (unpaired) electrons. The first-order chi connectivity index (χ1) is 17.0.